The van der Waals surface area contributed by atoms with E-state index in [1.807, 2.05) is 0 Å². The lowest BCUT2D eigenvalue weighted by molar-refractivity contribution is 1.02. The van der Waals surface area contributed by atoms with E-state index >= 15 is 0 Å². The number of benzene rings is 1. The highest BCUT2D eigenvalue weighted by molar-refractivity contribution is 5.77. The van der Waals surface area contributed by atoms with E-state index in [0.717, 1.165) is 12.8 Å². The van der Waals surface area contributed by atoms with E-state index in [2.05, 4.69) is 51.1 Å². The van der Waals surface area contributed by atoms with E-state index in [4.69, 9.17) is 0 Å². The standard InChI is InChI=1S/C17H22/c1-4-14-11-13(3)17(12-15(14)5-2)16-9-7-6-8-10-16/h7,9-12H,4-6,8H2,1-3H3. The molecule has 0 radical (unpaired) electrons. The van der Waals surface area contributed by atoms with Crippen molar-refractivity contribution in [1.82, 2.24) is 0 Å². The molecule has 0 fully saturated rings. The number of rotatable bonds is 3. The van der Waals surface area contributed by atoms with Crippen molar-refractivity contribution in [2.24, 2.45) is 0 Å². The third-order valence-corrected chi connectivity index (χ3v) is 3.61. The van der Waals surface area contributed by atoms with Crippen molar-refractivity contribution in [2.45, 2.75) is 46.5 Å². The summed E-state index contributed by atoms with van der Waals surface area (Å²) >= 11 is 0. The first-order chi connectivity index (χ1) is 8.26. The van der Waals surface area contributed by atoms with Crippen LogP contribution in [0.1, 0.15) is 48.9 Å². The summed E-state index contributed by atoms with van der Waals surface area (Å²) in [5.41, 5.74) is 7.26. The minimum Gasteiger partial charge on any atom is -0.0836 e. The summed E-state index contributed by atoms with van der Waals surface area (Å²) in [6.45, 7) is 6.73. The molecule has 0 aromatic heterocycles. The predicted octanol–water partition coefficient (Wildman–Crippen LogP) is 4.85. The van der Waals surface area contributed by atoms with Crippen LogP contribution in [0.25, 0.3) is 5.57 Å². The highest BCUT2D eigenvalue weighted by Gasteiger charge is 2.08. The summed E-state index contributed by atoms with van der Waals surface area (Å²) in [5.74, 6) is 0. The fourth-order valence-corrected chi connectivity index (χ4v) is 2.59. The molecule has 0 atom stereocenters. The van der Waals surface area contributed by atoms with Gasteiger partial charge in [-0.2, -0.15) is 0 Å². The van der Waals surface area contributed by atoms with Crippen LogP contribution in [0.2, 0.25) is 0 Å². The van der Waals surface area contributed by atoms with Gasteiger partial charge in [-0.1, -0.05) is 44.2 Å². The molecule has 0 unspecified atom stereocenters. The molecule has 0 bridgehead atoms. The Balaban J connectivity index is 2.47. The SMILES string of the molecule is CCc1cc(C)c(C2=CCCC=C2)cc1CC. The third-order valence-electron chi connectivity index (χ3n) is 3.61. The first-order valence-electron chi connectivity index (χ1n) is 6.75. The quantitative estimate of drug-likeness (QED) is 0.691. The van der Waals surface area contributed by atoms with Gasteiger partial charge in [0.1, 0.15) is 0 Å². The van der Waals surface area contributed by atoms with Crippen molar-refractivity contribution >= 4 is 5.57 Å². The molecule has 0 amide bonds. The molecule has 0 saturated heterocycles. The highest BCUT2D eigenvalue weighted by atomic mass is 14.1. The molecule has 0 heteroatoms. The second kappa shape index (κ2) is 5.35. The maximum absolute atomic E-state index is 2.40. The Kier molecular flexibility index (Phi) is 3.83. The molecule has 0 aliphatic heterocycles. The normalized spacial score (nSPS) is 14.9. The molecule has 1 aliphatic rings. The van der Waals surface area contributed by atoms with Crippen LogP contribution in [0.4, 0.5) is 0 Å². The van der Waals surface area contributed by atoms with Crippen LogP contribution >= 0.6 is 0 Å². The first kappa shape index (κ1) is 12.2. The van der Waals surface area contributed by atoms with E-state index in [-0.39, 0.29) is 0 Å². The van der Waals surface area contributed by atoms with E-state index in [0.29, 0.717) is 0 Å². The Bertz CT molecular complexity index is 461. The topological polar surface area (TPSA) is 0 Å². The van der Waals surface area contributed by atoms with Gasteiger partial charge in [0.15, 0.2) is 0 Å². The zero-order valence-corrected chi connectivity index (χ0v) is 11.2. The number of aryl methyl sites for hydroxylation is 3. The summed E-state index contributed by atoms with van der Waals surface area (Å²) in [6, 6.07) is 4.77. The van der Waals surface area contributed by atoms with Gasteiger partial charge in [0, 0.05) is 0 Å². The van der Waals surface area contributed by atoms with Crippen LogP contribution in [-0.2, 0) is 12.8 Å². The van der Waals surface area contributed by atoms with Gasteiger partial charge < -0.3 is 0 Å². The Morgan fingerprint density at radius 1 is 1.00 bits per heavy atom. The molecule has 1 aromatic carbocycles. The molecule has 2 rings (SSSR count). The minimum absolute atomic E-state index is 1.13. The van der Waals surface area contributed by atoms with Gasteiger partial charge in [-0.15, -0.1) is 0 Å². The second-order valence-electron chi connectivity index (χ2n) is 4.78. The van der Waals surface area contributed by atoms with E-state index in [1.165, 1.54) is 40.7 Å². The van der Waals surface area contributed by atoms with Gasteiger partial charge in [-0.25, -0.2) is 0 Å². The van der Waals surface area contributed by atoms with Gasteiger partial charge in [0.2, 0.25) is 0 Å². The largest absolute Gasteiger partial charge is 0.0836 e. The Hall–Kier alpha value is -1.30. The van der Waals surface area contributed by atoms with Gasteiger partial charge in [-0.05, 0) is 60.4 Å². The number of allylic oxidation sites excluding steroid dienone is 4. The lowest BCUT2D eigenvalue weighted by Crippen LogP contribution is -1.97. The van der Waals surface area contributed by atoms with Gasteiger partial charge in [0.25, 0.3) is 0 Å². The van der Waals surface area contributed by atoms with E-state index in [9.17, 15) is 0 Å². The molecule has 0 nitrogen and oxygen atoms in total. The molecule has 0 saturated carbocycles. The molecule has 17 heavy (non-hydrogen) atoms. The maximum Gasteiger partial charge on any atom is -0.0155 e. The average Bonchev–Trinajstić information content (AvgIpc) is 2.39. The van der Waals surface area contributed by atoms with Crippen molar-refractivity contribution in [3.8, 4) is 0 Å². The Morgan fingerprint density at radius 3 is 2.29 bits per heavy atom. The summed E-state index contributed by atoms with van der Waals surface area (Å²) in [7, 11) is 0. The Morgan fingerprint density at radius 2 is 1.71 bits per heavy atom. The van der Waals surface area contributed by atoms with E-state index in [1.54, 1.807) is 0 Å². The van der Waals surface area contributed by atoms with Crippen molar-refractivity contribution in [2.75, 3.05) is 0 Å². The molecule has 0 heterocycles. The number of hydrogen-bond acceptors (Lipinski definition) is 0. The highest BCUT2D eigenvalue weighted by Crippen LogP contribution is 2.27. The Labute approximate surface area is 105 Å². The molecule has 0 spiro atoms. The molecule has 0 N–H and O–H groups in total. The lowest BCUT2D eigenvalue weighted by atomic mass is 9.90. The average molecular weight is 226 g/mol. The monoisotopic (exact) mass is 226 g/mol. The summed E-state index contributed by atoms with van der Waals surface area (Å²) in [6.07, 6.45) is 11.6. The van der Waals surface area contributed by atoms with Crippen LogP contribution < -0.4 is 0 Å². The van der Waals surface area contributed by atoms with Crippen LogP contribution in [0.3, 0.4) is 0 Å². The van der Waals surface area contributed by atoms with Crippen LogP contribution in [-0.4, -0.2) is 0 Å². The number of hydrogen-bond donors (Lipinski definition) is 0. The zero-order chi connectivity index (χ0) is 12.3. The van der Waals surface area contributed by atoms with Crippen molar-refractivity contribution in [3.63, 3.8) is 0 Å². The zero-order valence-electron chi connectivity index (χ0n) is 11.2. The molecular formula is C17H22. The van der Waals surface area contributed by atoms with Gasteiger partial charge >= 0.3 is 0 Å². The lowest BCUT2D eigenvalue weighted by Gasteiger charge is -2.15. The molecule has 1 aliphatic carbocycles. The molecule has 1 aromatic rings. The van der Waals surface area contributed by atoms with Crippen LogP contribution in [0.15, 0.2) is 30.4 Å². The second-order valence-corrected chi connectivity index (χ2v) is 4.78. The summed E-state index contributed by atoms with van der Waals surface area (Å²) in [5, 5.41) is 0. The van der Waals surface area contributed by atoms with Crippen molar-refractivity contribution < 1.29 is 0 Å². The minimum atomic E-state index is 1.13. The van der Waals surface area contributed by atoms with Gasteiger partial charge in [-0.3, -0.25) is 0 Å². The molecule has 90 valence electrons. The summed E-state index contributed by atoms with van der Waals surface area (Å²) in [4.78, 5) is 0. The van der Waals surface area contributed by atoms with Crippen molar-refractivity contribution in [3.05, 3.63) is 52.6 Å². The maximum atomic E-state index is 2.40. The smallest absolute Gasteiger partial charge is 0.0155 e. The predicted molar refractivity (Wildman–Crippen MR) is 76.3 cm³/mol. The fourth-order valence-electron chi connectivity index (χ4n) is 2.59. The van der Waals surface area contributed by atoms with Gasteiger partial charge in [0.05, 0.1) is 0 Å². The fraction of sp³-hybridized carbons (Fsp3) is 0.412. The first-order valence-corrected chi connectivity index (χ1v) is 6.75. The third kappa shape index (κ3) is 2.52. The van der Waals surface area contributed by atoms with Crippen molar-refractivity contribution in [1.29, 1.82) is 0 Å². The van der Waals surface area contributed by atoms with E-state index < -0.39 is 0 Å². The van der Waals surface area contributed by atoms with Crippen LogP contribution in [0, 0.1) is 6.92 Å². The summed E-state index contributed by atoms with van der Waals surface area (Å²) < 4.78 is 0. The molecular weight excluding hydrogens is 204 g/mol. The van der Waals surface area contributed by atoms with Crippen LogP contribution in [0.5, 0.6) is 0 Å².